The van der Waals surface area contributed by atoms with Crippen LogP contribution in [0.15, 0.2) is 42.5 Å². The molecule has 0 aliphatic carbocycles. The fraction of sp³-hybridized carbons (Fsp3) is 0.389. The fourth-order valence-corrected chi connectivity index (χ4v) is 3.08. The highest BCUT2D eigenvalue weighted by Crippen LogP contribution is 2.19. The Hall–Kier alpha value is -1.91. The van der Waals surface area contributed by atoms with Gasteiger partial charge in [0, 0.05) is 18.8 Å². The highest BCUT2D eigenvalue weighted by molar-refractivity contribution is 5.95. The van der Waals surface area contributed by atoms with E-state index < -0.39 is 0 Å². The predicted octanol–water partition coefficient (Wildman–Crippen LogP) is 2.89. The summed E-state index contributed by atoms with van der Waals surface area (Å²) in [5, 5.41) is 5.30. The van der Waals surface area contributed by atoms with E-state index in [9.17, 15) is 4.79 Å². The number of nitrogens with one attached hydrogen (secondary N) is 1. The minimum absolute atomic E-state index is 0.0246. The summed E-state index contributed by atoms with van der Waals surface area (Å²) in [5.41, 5.74) is 0.845. The van der Waals surface area contributed by atoms with Crippen molar-refractivity contribution < 1.29 is 9.53 Å². The van der Waals surface area contributed by atoms with Gasteiger partial charge in [-0.3, -0.25) is 9.69 Å². The third-order valence-electron chi connectivity index (χ3n) is 3.90. The Balaban J connectivity index is 1.63. The molecule has 1 fully saturated rings. The molecule has 4 nitrogen and oxygen atoms in total. The monoisotopic (exact) mass is 298 g/mol. The van der Waals surface area contributed by atoms with Crippen LogP contribution < -0.4 is 5.32 Å². The molecule has 2 atom stereocenters. The van der Waals surface area contributed by atoms with Crippen molar-refractivity contribution in [2.24, 2.45) is 0 Å². The maximum atomic E-state index is 12.2. The molecule has 1 aliphatic heterocycles. The van der Waals surface area contributed by atoms with Gasteiger partial charge in [-0.15, -0.1) is 0 Å². The molecule has 0 radical (unpaired) electrons. The van der Waals surface area contributed by atoms with Crippen LogP contribution >= 0.6 is 0 Å². The summed E-state index contributed by atoms with van der Waals surface area (Å²) in [6, 6.07) is 14.1. The molecule has 2 aromatic rings. The standard InChI is InChI=1S/C18H22N2O2/c1-13-10-20(11-14(2)22-13)12-18(21)19-17-8-7-15-5-3-4-6-16(15)9-17/h3-9,13-14H,10-12H2,1-2H3,(H,19,21)/t13-,14-/m0/s1. The zero-order valence-electron chi connectivity index (χ0n) is 13.1. The lowest BCUT2D eigenvalue weighted by atomic mass is 10.1. The second kappa shape index (κ2) is 6.46. The van der Waals surface area contributed by atoms with Gasteiger partial charge in [-0.1, -0.05) is 30.3 Å². The van der Waals surface area contributed by atoms with Crippen LogP contribution in [-0.2, 0) is 9.53 Å². The summed E-state index contributed by atoms with van der Waals surface area (Å²) in [4.78, 5) is 14.4. The van der Waals surface area contributed by atoms with Crippen LogP contribution in [-0.4, -0.2) is 42.6 Å². The Bertz CT molecular complexity index is 661. The van der Waals surface area contributed by atoms with Gasteiger partial charge in [-0.25, -0.2) is 0 Å². The van der Waals surface area contributed by atoms with Crippen LogP contribution in [0.4, 0.5) is 5.69 Å². The van der Waals surface area contributed by atoms with E-state index >= 15 is 0 Å². The van der Waals surface area contributed by atoms with E-state index in [1.807, 2.05) is 44.2 Å². The molecular weight excluding hydrogens is 276 g/mol. The van der Waals surface area contributed by atoms with Crippen LogP contribution in [0.1, 0.15) is 13.8 Å². The molecule has 1 amide bonds. The molecule has 116 valence electrons. The van der Waals surface area contributed by atoms with Gasteiger partial charge >= 0.3 is 0 Å². The predicted molar refractivity (Wildman–Crippen MR) is 89.0 cm³/mol. The molecule has 1 aliphatic rings. The number of nitrogens with zero attached hydrogens (tertiary/aromatic N) is 1. The number of hydrogen-bond donors (Lipinski definition) is 1. The largest absolute Gasteiger partial charge is 0.373 e. The smallest absolute Gasteiger partial charge is 0.238 e. The van der Waals surface area contributed by atoms with E-state index in [-0.39, 0.29) is 18.1 Å². The molecular formula is C18H22N2O2. The van der Waals surface area contributed by atoms with Crippen LogP contribution in [0.2, 0.25) is 0 Å². The van der Waals surface area contributed by atoms with Gasteiger partial charge in [-0.2, -0.15) is 0 Å². The summed E-state index contributed by atoms with van der Waals surface area (Å²) >= 11 is 0. The molecule has 1 saturated heterocycles. The first-order valence-corrected chi connectivity index (χ1v) is 7.76. The van der Waals surface area contributed by atoms with E-state index in [1.54, 1.807) is 0 Å². The third-order valence-corrected chi connectivity index (χ3v) is 3.90. The van der Waals surface area contributed by atoms with Gasteiger partial charge in [0.05, 0.1) is 18.8 Å². The second-order valence-electron chi connectivity index (χ2n) is 6.06. The minimum atomic E-state index is 0.0246. The minimum Gasteiger partial charge on any atom is -0.373 e. The summed E-state index contributed by atoms with van der Waals surface area (Å²) in [5.74, 6) is 0.0246. The Morgan fingerprint density at radius 2 is 1.82 bits per heavy atom. The van der Waals surface area contributed by atoms with Crippen molar-refractivity contribution in [3.8, 4) is 0 Å². The van der Waals surface area contributed by atoms with Crippen molar-refractivity contribution in [3.05, 3.63) is 42.5 Å². The molecule has 0 unspecified atom stereocenters. The average molecular weight is 298 g/mol. The molecule has 2 aromatic carbocycles. The Kier molecular flexibility index (Phi) is 4.41. The summed E-state index contributed by atoms with van der Waals surface area (Å²) in [7, 11) is 0. The van der Waals surface area contributed by atoms with Gasteiger partial charge in [-0.05, 0) is 36.8 Å². The molecule has 1 N–H and O–H groups in total. The average Bonchev–Trinajstić information content (AvgIpc) is 2.45. The summed E-state index contributed by atoms with van der Waals surface area (Å²) < 4.78 is 5.69. The number of morpholine rings is 1. The van der Waals surface area contributed by atoms with Crippen molar-refractivity contribution in [3.63, 3.8) is 0 Å². The van der Waals surface area contributed by atoms with E-state index in [0.29, 0.717) is 6.54 Å². The topological polar surface area (TPSA) is 41.6 Å². The van der Waals surface area contributed by atoms with Gasteiger partial charge in [0.15, 0.2) is 0 Å². The van der Waals surface area contributed by atoms with Crippen molar-refractivity contribution in [2.75, 3.05) is 25.0 Å². The lowest BCUT2D eigenvalue weighted by Crippen LogP contribution is -2.48. The Labute approximate surface area is 131 Å². The number of anilines is 1. The highest BCUT2D eigenvalue weighted by atomic mass is 16.5. The molecule has 0 saturated carbocycles. The lowest BCUT2D eigenvalue weighted by molar-refractivity contribution is -0.121. The van der Waals surface area contributed by atoms with Crippen molar-refractivity contribution in [1.82, 2.24) is 4.90 Å². The second-order valence-corrected chi connectivity index (χ2v) is 6.06. The van der Waals surface area contributed by atoms with Gasteiger partial charge in [0.2, 0.25) is 5.91 Å². The maximum Gasteiger partial charge on any atom is 0.238 e. The number of carbonyl (C=O) groups is 1. The molecule has 0 bridgehead atoms. The molecule has 0 aromatic heterocycles. The number of amides is 1. The Morgan fingerprint density at radius 3 is 2.55 bits per heavy atom. The molecule has 0 spiro atoms. The van der Waals surface area contributed by atoms with Gasteiger partial charge < -0.3 is 10.1 Å². The van der Waals surface area contributed by atoms with Crippen LogP contribution in [0.25, 0.3) is 10.8 Å². The lowest BCUT2D eigenvalue weighted by Gasteiger charge is -2.34. The van der Waals surface area contributed by atoms with Gasteiger partial charge in [0.1, 0.15) is 0 Å². The van der Waals surface area contributed by atoms with Crippen molar-refractivity contribution in [1.29, 1.82) is 0 Å². The fourth-order valence-electron chi connectivity index (χ4n) is 3.08. The van der Waals surface area contributed by atoms with Crippen LogP contribution in [0, 0.1) is 0 Å². The van der Waals surface area contributed by atoms with Crippen molar-refractivity contribution in [2.45, 2.75) is 26.1 Å². The zero-order valence-corrected chi connectivity index (χ0v) is 13.1. The van der Waals surface area contributed by atoms with E-state index in [4.69, 9.17) is 4.74 Å². The Morgan fingerprint density at radius 1 is 1.14 bits per heavy atom. The highest BCUT2D eigenvalue weighted by Gasteiger charge is 2.23. The van der Waals surface area contributed by atoms with E-state index in [2.05, 4.69) is 22.3 Å². The number of ether oxygens (including phenoxy) is 1. The SMILES string of the molecule is C[C@H]1CN(CC(=O)Nc2ccc3ccccc3c2)C[C@H](C)O1. The number of fused-ring (bicyclic) bond motifs is 1. The van der Waals surface area contributed by atoms with Crippen LogP contribution in [0.3, 0.4) is 0 Å². The number of hydrogen-bond acceptors (Lipinski definition) is 3. The first kappa shape index (κ1) is 15.0. The number of benzene rings is 2. The van der Waals surface area contributed by atoms with Gasteiger partial charge in [0.25, 0.3) is 0 Å². The van der Waals surface area contributed by atoms with E-state index in [1.165, 1.54) is 5.39 Å². The zero-order chi connectivity index (χ0) is 15.5. The summed E-state index contributed by atoms with van der Waals surface area (Å²) in [6.45, 7) is 6.10. The summed E-state index contributed by atoms with van der Waals surface area (Å²) in [6.07, 6.45) is 0.356. The van der Waals surface area contributed by atoms with Crippen LogP contribution in [0.5, 0.6) is 0 Å². The molecule has 3 rings (SSSR count). The number of rotatable bonds is 3. The maximum absolute atomic E-state index is 12.2. The first-order chi connectivity index (χ1) is 10.6. The van der Waals surface area contributed by atoms with E-state index in [0.717, 1.165) is 24.2 Å². The number of carbonyl (C=O) groups excluding carboxylic acids is 1. The quantitative estimate of drug-likeness (QED) is 0.947. The third kappa shape index (κ3) is 3.64. The normalized spacial score (nSPS) is 22.6. The molecule has 22 heavy (non-hydrogen) atoms. The molecule has 4 heteroatoms. The first-order valence-electron chi connectivity index (χ1n) is 7.76. The van der Waals surface area contributed by atoms with Crippen molar-refractivity contribution >= 4 is 22.4 Å². The molecule has 1 heterocycles.